The van der Waals surface area contributed by atoms with Gasteiger partial charge in [-0.05, 0) is 17.7 Å². The Bertz CT molecular complexity index is 728. The van der Waals surface area contributed by atoms with Crippen molar-refractivity contribution in [1.29, 1.82) is 0 Å². The Morgan fingerprint density at radius 3 is 2.43 bits per heavy atom. The van der Waals surface area contributed by atoms with Gasteiger partial charge in [-0.3, -0.25) is 4.79 Å². The molecule has 21 heavy (non-hydrogen) atoms. The van der Waals surface area contributed by atoms with E-state index >= 15 is 0 Å². The number of rotatable bonds is 4. The summed E-state index contributed by atoms with van der Waals surface area (Å²) in [5.74, 6) is -0.0365. The Morgan fingerprint density at radius 2 is 1.71 bits per heavy atom. The molecule has 1 aromatic heterocycles. The molecule has 106 valence electrons. The summed E-state index contributed by atoms with van der Waals surface area (Å²) < 4.78 is 5.63. The summed E-state index contributed by atoms with van der Waals surface area (Å²) in [5, 5.41) is 0.932. The maximum absolute atomic E-state index is 12.6. The summed E-state index contributed by atoms with van der Waals surface area (Å²) in [6.45, 7) is 1.84. The largest absolute Gasteiger partial charge is 0.453 e. The van der Waals surface area contributed by atoms with Gasteiger partial charge in [0.15, 0.2) is 5.76 Å². The second-order valence-corrected chi connectivity index (χ2v) is 5.24. The molecule has 1 heterocycles. The highest BCUT2D eigenvalue weighted by Crippen LogP contribution is 2.26. The van der Waals surface area contributed by atoms with Crippen LogP contribution in [0.4, 0.5) is 0 Å². The first-order chi connectivity index (χ1) is 10.2. The molecule has 0 bridgehead atoms. The lowest BCUT2D eigenvalue weighted by Crippen LogP contribution is -2.25. The van der Waals surface area contributed by atoms with Crippen molar-refractivity contribution < 1.29 is 9.21 Å². The molecule has 3 heteroatoms. The molecular formula is C18H17NO2. The van der Waals surface area contributed by atoms with Gasteiger partial charge in [0, 0.05) is 17.3 Å². The summed E-state index contributed by atoms with van der Waals surface area (Å²) in [4.78, 5) is 12.6. The van der Waals surface area contributed by atoms with Crippen molar-refractivity contribution in [3.05, 3.63) is 72.0 Å². The van der Waals surface area contributed by atoms with Crippen molar-refractivity contribution in [2.24, 2.45) is 11.7 Å². The number of carbonyl (C=O) groups is 1. The second kappa shape index (κ2) is 5.54. The van der Waals surface area contributed by atoms with Gasteiger partial charge in [-0.25, -0.2) is 0 Å². The summed E-state index contributed by atoms with van der Waals surface area (Å²) in [5.41, 5.74) is 7.89. The van der Waals surface area contributed by atoms with Crippen LogP contribution < -0.4 is 5.73 Å². The number of para-hydroxylation sites is 1. The highest BCUT2D eigenvalue weighted by molar-refractivity contribution is 5.99. The number of nitrogens with two attached hydrogens (primary N) is 1. The van der Waals surface area contributed by atoms with Crippen LogP contribution in [0.3, 0.4) is 0 Å². The van der Waals surface area contributed by atoms with Gasteiger partial charge in [0.1, 0.15) is 5.58 Å². The third kappa shape index (κ3) is 2.60. The molecule has 0 aliphatic carbocycles. The third-order valence-corrected chi connectivity index (χ3v) is 3.81. The molecule has 2 atom stereocenters. The Kier molecular flexibility index (Phi) is 3.59. The fourth-order valence-corrected chi connectivity index (χ4v) is 2.45. The van der Waals surface area contributed by atoms with E-state index in [4.69, 9.17) is 10.2 Å². The molecule has 0 radical (unpaired) electrons. The van der Waals surface area contributed by atoms with Gasteiger partial charge >= 0.3 is 0 Å². The maximum atomic E-state index is 12.6. The second-order valence-electron chi connectivity index (χ2n) is 5.24. The normalized spacial score (nSPS) is 14.0. The van der Waals surface area contributed by atoms with Gasteiger partial charge in [0.25, 0.3) is 0 Å². The van der Waals surface area contributed by atoms with E-state index in [0.717, 1.165) is 16.5 Å². The average molecular weight is 279 g/mol. The standard InChI is InChI=1S/C18H17NO2/c1-12(17(19)13-7-3-2-4-8-13)18(20)16-11-14-9-5-6-10-15(14)21-16/h2-12,17H,19H2,1H3. The van der Waals surface area contributed by atoms with E-state index in [0.29, 0.717) is 5.76 Å². The van der Waals surface area contributed by atoms with Crippen molar-refractivity contribution in [2.45, 2.75) is 13.0 Å². The topological polar surface area (TPSA) is 56.2 Å². The molecule has 0 amide bonds. The third-order valence-electron chi connectivity index (χ3n) is 3.81. The molecule has 0 fully saturated rings. The Labute approximate surface area is 123 Å². The van der Waals surface area contributed by atoms with E-state index in [1.165, 1.54) is 0 Å². The number of furan rings is 1. The Balaban J connectivity index is 1.87. The minimum Gasteiger partial charge on any atom is -0.453 e. The van der Waals surface area contributed by atoms with Crippen LogP contribution in [0.15, 0.2) is 65.1 Å². The van der Waals surface area contributed by atoms with E-state index in [9.17, 15) is 4.79 Å². The summed E-state index contributed by atoms with van der Waals surface area (Å²) >= 11 is 0. The first-order valence-corrected chi connectivity index (χ1v) is 7.00. The monoisotopic (exact) mass is 279 g/mol. The van der Waals surface area contributed by atoms with Crippen molar-refractivity contribution in [1.82, 2.24) is 0 Å². The van der Waals surface area contributed by atoms with Crippen molar-refractivity contribution in [3.8, 4) is 0 Å². The van der Waals surface area contributed by atoms with E-state index < -0.39 is 0 Å². The first kappa shape index (κ1) is 13.6. The summed E-state index contributed by atoms with van der Waals surface area (Å²) in [6, 6.07) is 18.7. The number of carbonyl (C=O) groups excluding carboxylic acids is 1. The molecule has 0 aliphatic rings. The number of hydrogen-bond donors (Lipinski definition) is 1. The number of hydrogen-bond acceptors (Lipinski definition) is 3. The van der Waals surface area contributed by atoms with Crippen LogP contribution in [0, 0.1) is 5.92 Å². The Morgan fingerprint density at radius 1 is 1.05 bits per heavy atom. The van der Waals surface area contributed by atoms with Crippen molar-refractivity contribution >= 4 is 16.8 Å². The zero-order chi connectivity index (χ0) is 14.8. The lowest BCUT2D eigenvalue weighted by Gasteiger charge is -2.18. The van der Waals surface area contributed by atoms with E-state index in [-0.39, 0.29) is 17.7 Å². The van der Waals surface area contributed by atoms with Gasteiger partial charge < -0.3 is 10.2 Å². The molecular weight excluding hydrogens is 262 g/mol. The van der Waals surface area contributed by atoms with Gasteiger partial charge in [-0.15, -0.1) is 0 Å². The molecule has 0 spiro atoms. The number of benzene rings is 2. The van der Waals surface area contributed by atoms with Crippen LogP contribution in [-0.4, -0.2) is 5.78 Å². The molecule has 3 nitrogen and oxygen atoms in total. The number of Topliss-reactive ketones (excluding diaryl/α,β-unsaturated/α-hetero) is 1. The van der Waals surface area contributed by atoms with Gasteiger partial charge in [-0.1, -0.05) is 55.5 Å². The van der Waals surface area contributed by atoms with Crippen molar-refractivity contribution in [2.75, 3.05) is 0 Å². The first-order valence-electron chi connectivity index (χ1n) is 7.00. The SMILES string of the molecule is CC(C(=O)c1cc2ccccc2o1)C(N)c1ccccc1. The zero-order valence-corrected chi connectivity index (χ0v) is 11.8. The molecule has 2 unspecified atom stereocenters. The fourth-order valence-electron chi connectivity index (χ4n) is 2.45. The fraction of sp³-hybridized carbons (Fsp3) is 0.167. The quantitative estimate of drug-likeness (QED) is 0.736. The Hall–Kier alpha value is -2.39. The smallest absolute Gasteiger partial charge is 0.202 e. The number of ketones is 1. The van der Waals surface area contributed by atoms with Crippen LogP contribution in [0.2, 0.25) is 0 Å². The van der Waals surface area contributed by atoms with Crippen LogP contribution >= 0.6 is 0 Å². The van der Waals surface area contributed by atoms with E-state index in [2.05, 4.69) is 0 Å². The highest BCUT2D eigenvalue weighted by Gasteiger charge is 2.25. The van der Waals surface area contributed by atoms with Gasteiger partial charge in [0.05, 0.1) is 0 Å². The summed E-state index contributed by atoms with van der Waals surface area (Å²) in [7, 11) is 0. The minimum atomic E-state index is -0.341. The van der Waals surface area contributed by atoms with Crippen molar-refractivity contribution in [3.63, 3.8) is 0 Å². The molecule has 0 aliphatic heterocycles. The van der Waals surface area contributed by atoms with Gasteiger partial charge in [0.2, 0.25) is 5.78 Å². The van der Waals surface area contributed by atoms with Crippen LogP contribution in [-0.2, 0) is 0 Å². The zero-order valence-electron chi connectivity index (χ0n) is 11.8. The average Bonchev–Trinajstić information content (AvgIpc) is 2.97. The van der Waals surface area contributed by atoms with Crippen LogP contribution in [0.1, 0.15) is 29.1 Å². The molecule has 0 saturated carbocycles. The van der Waals surface area contributed by atoms with Crippen LogP contribution in [0.25, 0.3) is 11.0 Å². The molecule has 2 N–H and O–H groups in total. The lowest BCUT2D eigenvalue weighted by molar-refractivity contribution is 0.0886. The lowest BCUT2D eigenvalue weighted by atomic mass is 9.91. The predicted octanol–water partition coefficient (Wildman–Crippen LogP) is 3.95. The predicted molar refractivity (Wildman–Crippen MR) is 83.1 cm³/mol. The highest BCUT2D eigenvalue weighted by atomic mass is 16.3. The molecule has 3 aromatic rings. The summed E-state index contributed by atoms with van der Waals surface area (Å²) in [6.07, 6.45) is 0. The molecule has 2 aromatic carbocycles. The number of fused-ring (bicyclic) bond motifs is 1. The maximum Gasteiger partial charge on any atom is 0.202 e. The minimum absolute atomic E-state index is 0.0671. The van der Waals surface area contributed by atoms with Crippen LogP contribution in [0.5, 0.6) is 0 Å². The molecule has 0 saturated heterocycles. The van der Waals surface area contributed by atoms with E-state index in [1.54, 1.807) is 6.07 Å². The molecule has 3 rings (SSSR count). The van der Waals surface area contributed by atoms with E-state index in [1.807, 2.05) is 61.5 Å². The van der Waals surface area contributed by atoms with Gasteiger partial charge in [-0.2, -0.15) is 0 Å².